The van der Waals surface area contributed by atoms with E-state index in [2.05, 4.69) is 19.2 Å². The molecule has 7 heteroatoms. The van der Waals surface area contributed by atoms with Crippen LogP contribution in [0, 0.1) is 0 Å². The number of benzene rings is 2. The Morgan fingerprint density at radius 3 is 2.82 bits per heavy atom. The summed E-state index contributed by atoms with van der Waals surface area (Å²) < 4.78 is 18.2. The second-order valence-electron chi connectivity index (χ2n) is 9.53. The lowest BCUT2D eigenvalue weighted by Crippen LogP contribution is -3.00. The normalized spacial score (nSPS) is 28.8. The average molecular weight is 484 g/mol. The van der Waals surface area contributed by atoms with Gasteiger partial charge in [-0.15, -0.1) is 0 Å². The highest BCUT2D eigenvalue weighted by Gasteiger charge is 2.54. The molecule has 6 nitrogen and oxygen atoms in total. The van der Waals surface area contributed by atoms with Gasteiger partial charge in [-0.1, -0.05) is 42.5 Å². The monoisotopic (exact) mass is 483 g/mol. The smallest absolute Gasteiger partial charge is 0.335 e. The van der Waals surface area contributed by atoms with Crippen molar-refractivity contribution in [3.8, 4) is 11.5 Å². The number of ether oxygens (including phenoxy) is 3. The van der Waals surface area contributed by atoms with Gasteiger partial charge in [0.25, 0.3) is 0 Å². The SMILES string of the molecule is COc1ccc2c3c1OC1CC(O)C=CC31CC[N+](C)(COC(=O)/C=C/c1ccccc1)C2.[Cl-]. The van der Waals surface area contributed by atoms with E-state index in [0.29, 0.717) is 10.9 Å². The van der Waals surface area contributed by atoms with Gasteiger partial charge in [0, 0.05) is 30.0 Å². The van der Waals surface area contributed by atoms with Gasteiger partial charge in [-0.2, -0.15) is 0 Å². The van der Waals surface area contributed by atoms with Crippen molar-refractivity contribution < 1.29 is 41.0 Å². The standard InChI is InChI=1S/C27H30NO5.ClH/c1-28(18-32-24(30)11-8-19-6-4-3-5-7-19)15-14-27-13-12-21(29)16-23(27)33-26-22(31-2)10-9-20(17-28)25(26)27;/h3-13,21,23,29H,14-18H2,1-2H3;1H/q+1;/p-1/b11-8+;. The Morgan fingerprint density at radius 1 is 1.26 bits per heavy atom. The van der Waals surface area contributed by atoms with E-state index in [1.807, 2.05) is 42.5 Å². The zero-order chi connectivity index (χ0) is 23.1. The quantitative estimate of drug-likeness (QED) is 0.292. The van der Waals surface area contributed by atoms with Crippen molar-refractivity contribution in [3.63, 3.8) is 0 Å². The number of aliphatic hydroxyl groups is 1. The van der Waals surface area contributed by atoms with E-state index >= 15 is 0 Å². The van der Waals surface area contributed by atoms with Crippen LogP contribution in [0.4, 0.5) is 0 Å². The van der Waals surface area contributed by atoms with Crippen LogP contribution < -0.4 is 21.9 Å². The molecular formula is C27H30ClNO5. The minimum atomic E-state index is -0.508. The summed E-state index contributed by atoms with van der Waals surface area (Å²) in [5.41, 5.74) is 2.99. The van der Waals surface area contributed by atoms with Crippen LogP contribution in [-0.2, 0) is 21.5 Å². The maximum absolute atomic E-state index is 12.4. The van der Waals surface area contributed by atoms with Crippen molar-refractivity contribution in [1.82, 2.24) is 0 Å². The van der Waals surface area contributed by atoms with Gasteiger partial charge >= 0.3 is 5.97 Å². The summed E-state index contributed by atoms with van der Waals surface area (Å²) in [6, 6.07) is 13.8. The molecule has 0 radical (unpaired) electrons. The van der Waals surface area contributed by atoms with Crippen molar-refractivity contribution in [2.45, 2.75) is 37.0 Å². The number of aliphatic hydroxyl groups excluding tert-OH is 1. The first-order valence-corrected chi connectivity index (χ1v) is 11.4. The van der Waals surface area contributed by atoms with E-state index in [-0.39, 0.29) is 36.6 Å². The molecule has 2 heterocycles. The lowest BCUT2D eigenvalue weighted by molar-refractivity contribution is -0.938. The third-order valence-corrected chi connectivity index (χ3v) is 7.15. The Bertz CT molecular complexity index is 1120. The van der Waals surface area contributed by atoms with E-state index in [1.165, 1.54) is 11.6 Å². The molecule has 3 aliphatic rings. The highest BCUT2D eigenvalue weighted by Crippen LogP contribution is 2.56. The number of quaternary nitrogens is 1. The minimum Gasteiger partial charge on any atom is -1.00 e. The van der Waals surface area contributed by atoms with Gasteiger partial charge in [0.1, 0.15) is 12.6 Å². The van der Waals surface area contributed by atoms with Gasteiger partial charge in [-0.25, -0.2) is 4.79 Å². The van der Waals surface area contributed by atoms with E-state index in [9.17, 15) is 9.90 Å². The first kappa shape index (κ1) is 24.3. The lowest BCUT2D eigenvalue weighted by Gasteiger charge is -2.37. The van der Waals surface area contributed by atoms with Crippen LogP contribution in [0.3, 0.4) is 0 Å². The highest BCUT2D eigenvalue weighted by molar-refractivity contribution is 5.86. The van der Waals surface area contributed by atoms with Crippen molar-refractivity contribution in [1.29, 1.82) is 0 Å². The molecule has 0 saturated heterocycles. The number of halogens is 1. The summed E-state index contributed by atoms with van der Waals surface area (Å²) in [6.07, 6.45) is 8.02. The van der Waals surface area contributed by atoms with Gasteiger partial charge in [0.05, 0.1) is 32.2 Å². The molecule has 0 amide bonds. The first-order chi connectivity index (χ1) is 15.9. The van der Waals surface area contributed by atoms with Gasteiger partial charge in [0.15, 0.2) is 11.5 Å². The number of esters is 1. The molecule has 1 N–H and O–H groups in total. The highest BCUT2D eigenvalue weighted by atomic mass is 35.5. The summed E-state index contributed by atoms with van der Waals surface area (Å²) in [4.78, 5) is 12.4. The molecule has 4 atom stereocenters. The fraction of sp³-hybridized carbons (Fsp3) is 0.370. The number of carbonyl (C=O) groups excluding carboxylic acids is 1. The number of methoxy groups -OCH3 is 1. The molecule has 2 aromatic rings. The van der Waals surface area contributed by atoms with Crippen molar-refractivity contribution in [3.05, 3.63) is 77.4 Å². The summed E-state index contributed by atoms with van der Waals surface area (Å²) >= 11 is 0. The molecule has 0 aromatic heterocycles. The van der Waals surface area contributed by atoms with Gasteiger partial charge in [-0.05, 0) is 23.8 Å². The predicted molar refractivity (Wildman–Crippen MR) is 125 cm³/mol. The van der Waals surface area contributed by atoms with Crippen LogP contribution in [0.2, 0.25) is 0 Å². The molecule has 1 spiro atoms. The Balaban J connectivity index is 0.00000274. The molecule has 5 rings (SSSR count). The topological polar surface area (TPSA) is 65.0 Å². The third kappa shape index (κ3) is 4.33. The van der Waals surface area contributed by atoms with Gasteiger partial charge in [-0.3, -0.25) is 4.48 Å². The van der Waals surface area contributed by atoms with Crippen molar-refractivity contribution in [2.75, 3.05) is 27.4 Å². The fourth-order valence-corrected chi connectivity index (χ4v) is 5.38. The maximum Gasteiger partial charge on any atom is 0.335 e. The summed E-state index contributed by atoms with van der Waals surface area (Å²) in [5, 5.41) is 10.2. The van der Waals surface area contributed by atoms with Gasteiger partial charge < -0.3 is 31.7 Å². The second kappa shape index (κ2) is 9.45. The van der Waals surface area contributed by atoms with Crippen LogP contribution in [0.15, 0.2) is 60.7 Å². The lowest BCUT2D eigenvalue weighted by atomic mass is 9.69. The number of carbonyl (C=O) groups is 1. The molecule has 2 aromatic carbocycles. The predicted octanol–water partition coefficient (Wildman–Crippen LogP) is 0.583. The third-order valence-electron chi connectivity index (χ3n) is 7.15. The number of hydrogen-bond acceptors (Lipinski definition) is 5. The average Bonchev–Trinajstić information content (AvgIpc) is 3.09. The zero-order valence-corrected chi connectivity index (χ0v) is 20.2. The largest absolute Gasteiger partial charge is 1.00 e. The molecule has 2 aliphatic heterocycles. The summed E-state index contributed by atoms with van der Waals surface area (Å²) in [7, 11) is 3.78. The van der Waals surface area contributed by atoms with Crippen molar-refractivity contribution in [2.24, 2.45) is 0 Å². The number of hydrogen-bond donors (Lipinski definition) is 1. The van der Waals surface area contributed by atoms with E-state index in [0.717, 1.165) is 42.1 Å². The zero-order valence-electron chi connectivity index (χ0n) is 19.4. The fourth-order valence-electron chi connectivity index (χ4n) is 5.38. The molecule has 4 unspecified atom stereocenters. The van der Waals surface area contributed by atoms with Crippen LogP contribution in [0.1, 0.15) is 29.5 Å². The molecule has 1 aliphatic carbocycles. The minimum absolute atomic E-state index is 0. The van der Waals surface area contributed by atoms with Crippen LogP contribution in [-0.4, -0.2) is 55.2 Å². The Morgan fingerprint density at radius 2 is 2.06 bits per heavy atom. The molecule has 0 fully saturated rings. The molecular weight excluding hydrogens is 454 g/mol. The van der Waals surface area contributed by atoms with Crippen molar-refractivity contribution >= 4 is 12.0 Å². The Kier molecular flexibility index (Phi) is 6.76. The van der Waals surface area contributed by atoms with Crippen LogP contribution in [0.25, 0.3) is 6.08 Å². The van der Waals surface area contributed by atoms with Crippen LogP contribution in [0.5, 0.6) is 11.5 Å². The Labute approximate surface area is 206 Å². The maximum atomic E-state index is 12.4. The Hall–Kier alpha value is -2.80. The summed E-state index contributed by atoms with van der Waals surface area (Å²) in [5.74, 6) is 1.16. The molecule has 180 valence electrons. The van der Waals surface area contributed by atoms with Gasteiger partial charge in [0.2, 0.25) is 6.73 Å². The second-order valence-corrected chi connectivity index (χ2v) is 9.53. The number of rotatable bonds is 5. The molecule has 0 saturated carbocycles. The van der Waals surface area contributed by atoms with E-state index < -0.39 is 6.10 Å². The molecule has 0 bridgehead atoms. The summed E-state index contributed by atoms with van der Waals surface area (Å²) in [6.45, 7) is 1.81. The van der Waals surface area contributed by atoms with E-state index in [4.69, 9.17) is 14.2 Å². The van der Waals surface area contributed by atoms with Crippen LogP contribution >= 0.6 is 0 Å². The van der Waals surface area contributed by atoms with E-state index in [1.54, 1.807) is 13.2 Å². The first-order valence-electron chi connectivity index (χ1n) is 11.4. The molecule has 34 heavy (non-hydrogen) atoms. The number of nitrogens with zero attached hydrogens (tertiary/aromatic N) is 1.